The maximum Gasteiger partial charge on any atom is 0.126 e. The minimum Gasteiger partial charge on any atom is -0.496 e. The molecule has 1 aliphatic heterocycles. The Morgan fingerprint density at radius 3 is 2.73 bits per heavy atom. The summed E-state index contributed by atoms with van der Waals surface area (Å²) in [7, 11) is 1.76. The van der Waals surface area contributed by atoms with Gasteiger partial charge in [-0.25, -0.2) is 0 Å². The van der Waals surface area contributed by atoms with Gasteiger partial charge in [0.2, 0.25) is 0 Å². The molecule has 1 saturated heterocycles. The zero-order valence-corrected chi connectivity index (χ0v) is 14.2. The highest BCUT2D eigenvalue weighted by molar-refractivity contribution is 5.43. The smallest absolute Gasteiger partial charge is 0.126 e. The van der Waals surface area contributed by atoms with Crippen LogP contribution in [0.5, 0.6) is 5.75 Å². The summed E-state index contributed by atoms with van der Waals surface area (Å²) >= 11 is 0. The molecule has 0 bridgehead atoms. The molecule has 3 rings (SSSR count). The van der Waals surface area contributed by atoms with Crippen molar-refractivity contribution in [2.24, 2.45) is 5.41 Å². The van der Waals surface area contributed by atoms with Gasteiger partial charge in [0.05, 0.1) is 13.2 Å². The van der Waals surface area contributed by atoms with Crippen LogP contribution in [-0.2, 0) is 6.54 Å². The van der Waals surface area contributed by atoms with E-state index in [0.717, 1.165) is 31.8 Å². The molecule has 1 heterocycles. The first-order valence-electron chi connectivity index (χ1n) is 8.59. The van der Waals surface area contributed by atoms with Gasteiger partial charge in [-0.3, -0.25) is 4.90 Å². The van der Waals surface area contributed by atoms with Crippen molar-refractivity contribution in [1.82, 2.24) is 4.90 Å². The standard InChI is InChI=1S/C19H29NO2/c1-14-10-15(2)18(22-3)16(11-14)12-20-9-5-8-19(13-20)7-4-6-17(19)21/h10-11,17,21H,4-9,12-13H2,1-3H3/t17-,19+/m1/s1. The summed E-state index contributed by atoms with van der Waals surface area (Å²) < 4.78 is 5.63. The van der Waals surface area contributed by atoms with Crippen molar-refractivity contribution in [1.29, 1.82) is 0 Å². The second-order valence-electron chi connectivity index (χ2n) is 7.36. The Labute approximate surface area is 134 Å². The molecule has 2 fully saturated rings. The number of nitrogens with zero attached hydrogens (tertiary/aromatic N) is 1. The van der Waals surface area contributed by atoms with E-state index in [2.05, 4.69) is 30.9 Å². The Morgan fingerprint density at radius 1 is 1.27 bits per heavy atom. The monoisotopic (exact) mass is 303 g/mol. The average Bonchev–Trinajstić information content (AvgIpc) is 2.79. The molecule has 1 saturated carbocycles. The molecule has 1 N–H and O–H groups in total. The molecule has 0 amide bonds. The number of rotatable bonds is 3. The first-order valence-corrected chi connectivity index (χ1v) is 8.59. The molecule has 3 nitrogen and oxygen atoms in total. The lowest BCUT2D eigenvalue weighted by Gasteiger charge is -2.42. The molecular formula is C19H29NO2. The van der Waals surface area contributed by atoms with Crippen LogP contribution < -0.4 is 4.74 Å². The Hall–Kier alpha value is -1.06. The summed E-state index contributed by atoms with van der Waals surface area (Å²) in [6.45, 7) is 7.36. The van der Waals surface area contributed by atoms with Gasteiger partial charge in [-0.2, -0.15) is 0 Å². The lowest BCUT2D eigenvalue weighted by atomic mass is 9.76. The van der Waals surface area contributed by atoms with Crippen LogP contribution in [0.3, 0.4) is 0 Å². The van der Waals surface area contributed by atoms with E-state index in [1.165, 1.54) is 42.4 Å². The fourth-order valence-electron chi connectivity index (χ4n) is 4.68. The van der Waals surface area contributed by atoms with E-state index in [4.69, 9.17) is 4.74 Å². The molecule has 3 heteroatoms. The molecule has 2 aliphatic rings. The number of piperidine rings is 1. The quantitative estimate of drug-likeness (QED) is 0.928. The maximum absolute atomic E-state index is 10.4. The largest absolute Gasteiger partial charge is 0.496 e. The fraction of sp³-hybridized carbons (Fsp3) is 0.684. The third-order valence-electron chi connectivity index (χ3n) is 5.64. The molecule has 0 unspecified atom stereocenters. The second-order valence-corrected chi connectivity index (χ2v) is 7.36. The molecule has 0 radical (unpaired) electrons. The van der Waals surface area contributed by atoms with Gasteiger partial charge in [0.25, 0.3) is 0 Å². The summed E-state index contributed by atoms with van der Waals surface area (Å²) in [5.41, 5.74) is 3.94. The number of hydrogen-bond donors (Lipinski definition) is 1. The zero-order valence-electron chi connectivity index (χ0n) is 14.2. The summed E-state index contributed by atoms with van der Waals surface area (Å²) in [5, 5.41) is 10.4. The normalized spacial score (nSPS) is 29.2. The van der Waals surface area contributed by atoms with E-state index < -0.39 is 0 Å². The molecule has 2 atom stereocenters. The van der Waals surface area contributed by atoms with Crippen molar-refractivity contribution >= 4 is 0 Å². The molecule has 22 heavy (non-hydrogen) atoms. The highest BCUT2D eigenvalue weighted by atomic mass is 16.5. The van der Waals surface area contributed by atoms with Gasteiger partial charge in [-0.05, 0) is 51.6 Å². The Morgan fingerprint density at radius 2 is 2.05 bits per heavy atom. The third kappa shape index (κ3) is 2.89. The number of aliphatic hydroxyl groups excluding tert-OH is 1. The second kappa shape index (κ2) is 6.21. The Kier molecular flexibility index (Phi) is 4.47. The number of aryl methyl sites for hydroxylation is 2. The molecule has 1 aliphatic carbocycles. The predicted octanol–water partition coefficient (Wildman–Crippen LogP) is 3.44. The number of ether oxygens (including phenoxy) is 1. The van der Waals surface area contributed by atoms with Crippen molar-refractivity contribution in [2.75, 3.05) is 20.2 Å². The molecule has 1 aromatic carbocycles. The van der Waals surface area contributed by atoms with Gasteiger partial charge >= 0.3 is 0 Å². The number of methoxy groups -OCH3 is 1. The van der Waals surface area contributed by atoms with E-state index >= 15 is 0 Å². The van der Waals surface area contributed by atoms with Crippen LogP contribution in [0.2, 0.25) is 0 Å². The minimum absolute atomic E-state index is 0.101. The van der Waals surface area contributed by atoms with Crippen LogP contribution in [0, 0.1) is 19.3 Å². The van der Waals surface area contributed by atoms with Crippen LogP contribution in [0.4, 0.5) is 0 Å². The number of hydrogen-bond acceptors (Lipinski definition) is 3. The van der Waals surface area contributed by atoms with E-state index in [-0.39, 0.29) is 11.5 Å². The highest BCUT2D eigenvalue weighted by Gasteiger charge is 2.44. The van der Waals surface area contributed by atoms with Crippen LogP contribution in [0.25, 0.3) is 0 Å². The van der Waals surface area contributed by atoms with Crippen molar-refractivity contribution in [3.63, 3.8) is 0 Å². The van der Waals surface area contributed by atoms with Crippen molar-refractivity contribution < 1.29 is 9.84 Å². The first kappa shape index (κ1) is 15.8. The van der Waals surface area contributed by atoms with Gasteiger partial charge < -0.3 is 9.84 Å². The van der Waals surface area contributed by atoms with Gasteiger partial charge in [0.1, 0.15) is 5.75 Å². The maximum atomic E-state index is 10.4. The first-order chi connectivity index (χ1) is 10.5. The van der Waals surface area contributed by atoms with Crippen molar-refractivity contribution in [3.8, 4) is 5.75 Å². The Balaban J connectivity index is 1.78. The summed E-state index contributed by atoms with van der Waals surface area (Å²) in [5.74, 6) is 1.03. The van der Waals surface area contributed by atoms with Crippen molar-refractivity contribution in [3.05, 3.63) is 28.8 Å². The van der Waals surface area contributed by atoms with Gasteiger partial charge in [-0.15, -0.1) is 0 Å². The molecular weight excluding hydrogens is 274 g/mol. The van der Waals surface area contributed by atoms with Crippen molar-refractivity contribution in [2.45, 2.75) is 58.6 Å². The van der Waals surface area contributed by atoms with Crippen LogP contribution in [-0.4, -0.2) is 36.3 Å². The summed E-state index contributed by atoms with van der Waals surface area (Å²) in [4.78, 5) is 2.52. The molecule has 122 valence electrons. The number of aliphatic hydroxyl groups is 1. The van der Waals surface area contributed by atoms with E-state index in [1.807, 2.05) is 0 Å². The molecule has 0 aromatic heterocycles. The summed E-state index contributed by atoms with van der Waals surface area (Å²) in [6.07, 6.45) is 5.65. The SMILES string of the molecule is COc1c(C)cc(C)cc1CN1CCC[C@@]2(CCC[C@H]2O)C1. The Bertz CT molecular complexity index is 542. The van der Waals surface area contributed by atoms with Crippen LogP contribution in [0.15, 0.2) is 12.1 Å². The lowest BCUT2D eigenvalue weighted by molar-refractivity contribution is -0.0121. The van der Waals surface area contributed by atoms with E-state index in [0.29, 0.717) is 0 Å². The number of benzene rings is 1. The number of likely N-dealkylation sites (tertiary alicyclic amines) is 1. The minimum atomic E-state index is -0.101. The zero-order chi connectivity index (χ0) is 15.7. The molecule has 1 spiro atoms. The highest BCUT2D eigenvalue weighted by Crippen LogP contribution is 2.45. The summed E-state index contributed by atoms with van der Waals surface area (Å²) in [6, 6.07) is 4.43. The third-order valence-corrected chi connectivity index (χ3v) is 5.64. The lowest BCUT2D eigenvalue weighted by Crippen LogP contribution is -2.46. The van der Waals surface area contributed by atoms with Gasteiger partial charge in [-0.1, -0.05) is 24.1 Å². The topological polar surface area (TPSA) is 32.7 Å². The average molecular weight is 303 g/mol. The van der Waals surface area contributed by atoms with Crippen LogP contribution in [0.1, 0.15) is 48.8 Å². The fourth-order valence-corrected chi connectivity index (χ4v) is 4.68. The van der Waals surface area contributed by atoms with E-state index in [1.54, 1.807) is 7.11 Å². The van der Waals surface area contributed by atoms with Gasteiger partial charge in [0.15, 0.2) is 0 Å². The molecule has 1 aromatic rings. The predicted molar refractivity (Wildman–Crippen MR) is 89.3 cm³/mol. The van der Waals surface area contributed by atoms with Gasteiger partial charge in [0, 0.05) is 24.1 Å². The van der Waals surface area contributed by atoms with E-state index in [9.17, 15) is 5.11 Å². The van der Waals surface area contributed by atoms with Crippen LogP contribution >= 0.6 is 0 Å².